The minimum atomic E-state index is -0.393. The predicted octanol–water partition coefficient (Wildman–Crippen LogP) is 5.80. The summed E-state index contributed by atoms with van der Waals surface area (Å²) in [6.45, 7) is 9.77. The van der Waals surface area contributed by atoms with E-state index >= 15 is 0 Å². The second kappa shape index (κ2) is 12.5. The Hall–Kier alpha value is 0.160. The molecule has 0 saturated heterocycles. The lowest BCUT2D eigenvalue weighted by Crippen LogP contribution is -2.46. The van der Waals surface area contributed by atoms with Gasteiger partial charge in [0.25, 0.3) is 0 Å². The topological polar surface area (TPSA) is 27.7 Å². The van der Waals surface area contributed by atoms with Crippen molar-refractivity contribution in [1.29, 1.82) is 0 Å². The Kier molecular flexibility index (Phi) is 11.5. The van der Waals surface area contributed by atoms with Crippen LogP contribution < -0.4 is 0 Å². The van der Waals surface area contributed by atoms with Crippen molar-refractivity contribution in [1.82, 2.24) is 0 Å². The largest absolute Gasteiger partial charge is 0.478 e. The van der Waals surface area contributed by atoms with Crippen LogP contribution in [-0.4, -0.2) is 35.9 Å². The van der Waals surface area contributed by atoms with Gasteiger partial charge in [0.2, 0.25) is 11.2 Å². The molecule has 23 heavy (non-hydrogen) atoms. The van der Waals surface area contributed by atoms with Gasteiger partial charge in [0.1, 0.15) is 0 Å². The normalized spacial score (nSPS) is 21.3. The first-order valence-corrected chi connectivity index (χ1v) is 11.1. The molecule has 0 spiro atoms. The third kappa shape index (κ3) is 7.29. The Morgan fingerprint density at radius 2 is 1.74 bits per heavy atom. The number of thioether (sulfide) groups is 2. The number of unbranched alkanes of at least 4 members (excludes halogenated alkanes) is 2. The molecular formula is C18H34O3S2. The van der Waals surface area contributed by atoms with Crippen molar-refractivity contribution in [2.24, 2.45) is 0 Å². The molecule has 1 aliphatic rings. The van der Waals surface area contributed by atoms with Crippen LogP contribution in [0.4, 0.5) is 0 Å². The van der Waals surface area contributed by atoms with E-state index in [2.05, 4.69) is 13.8 Å². The fraction of sp³-hybridized carbons (Fsp3) is 0.889. The highest BCUT2D eigenvalue weighted by atomic mass is 32.2. The van der Waals surface area contributed by atoms with Gasteiger partial charge in [-0.25, -0.2) is 0 Å². The Labute approximate surface area is 151 Å². The van der Waals surface area contributed by atoms with Crippen LogP contribution in [0.25, 0.3) is 0 Å². The van der Waals surface area contributed by atoms with Crippen LogP contribution in [0.5, 0.6) is 0 Å². The molecule has 136 valence electrons. The number of allylic oxidation sites excluding steroid dienone is 1. The standard InChI is InChI=1S/C18H34O3S2/c1-5-9-13-22-16-11-12-18(21-15-16,23-14-10-6-2)17(19-7-3)20-8-4/h15,17H,5-14H2,1-4H3. The summed E-state index contributed by atoms with van der Waals surface area (Å²) in [6, 6.07) is 0. The van der Waals surface area contributed by atoms with Crippen LogP contribution in [0.15, 0.2) is 11.2 Å². The SMILES string of the molecule is CCCCSC1=COC(SCCCC)(C(OCC)OCC)CC1. The van der Waals surface area contributed by atoms with E-state index in [-0.39, 0.29) is 6.29 Å². The summed E-state index contributed by atoms with van der Waals surface area (Å²) in [7, 11) is 0. The summed E-state index contributed by atoms with van der Waals surface area (Å²) in [6.07, 6.45) is 8.59. The number of hydrogen-bond acceptors (Lipinski definition) is 5. The molecule has 3 nitrogen and oxygen atoms in total. The molecule has 1 aliphatic heterocycles. The molecule has 1 rings (SSSR count). The summed E-state index contributed by atoms with van der Waals surface area (Å²) in [4.78, 5) is 0.965. The van der Waals surface area contributed by atoms with Crippen LogP contribution in [0.1, 0.15) is 66.2 Å². The van der Waals surface area contributed by atoms with Crippen LogP contribution >= 0.6 is 23.5 Å². The average Bonchev–Trinajstić information content (AvgIpc) is 2.57. The molecule has 1 heterocycles. The lowest BCUT2D eigenvalue weighted by Gasteiger charge is -2.41. The molecule has 0 N–H and O–H groups in total. The molecule has 0 aromatic heterocycles. The van der Waals surface area contributed by atoms with Gasteiger partial charge in [-0.15, -0.1) is 23.5 Å². The van der Waals surface area contributed by atoms with Gasteiger partial charge in [0.15, 0.2) is 0 Å². The Morgan fingerprint density at radius 3 is 2.26 bits per heavy atom. The minimum absolute atomic E-state index is 0.294. The zero-order chi connectivity index (χ0) is 17.0. The van der Waals surface area contributed by atoms with Crippen molar-refractivity contribution >= 4 is 23.5 Å². The van der Waals surface area contributed by atoms with E-state index in [1.165, 1.54) is 36.3 Å². The average molecular weight is 363 g/mol. The molecule has 0 aromatic rings. The summed E-state index contributed by atoms with van der Waals surface area (Å²) in [5, 5.41) is 0. The zero-order valence-corrected chi connectivity index (χ0v) is 16.9. The van der Waals surface area contributed by atoms with Gasteiger partial charge in [-0.3, -0.25) is 0 Å². The third-order valence-electron chi connectivity index (χ3n) is 3.73. The van der Waals surface area contributed by atoms with Crippen LogP contribution in [0.2, 0.25) is 0 Å². The maximum absolute atomic E-state index is 6.25. The van der Waals surface area contributed by atoms with Crippen molar-refractivity contribution in [2.45, 2.75) is 77.4 Å². The second-order valence-corrected chi connectivity index (χ2v) is 8.27. The van der Waals surface area contributed by atoms with E-state index in [0.29, 0.717) is 13.2 Å². The first-order valence-electron chi connectivity index (χ1n) is 9.09. The molecule has 0 saturated carbocycles. The van der Waals surface area contributed by atoms with Crippen molar-refractivity contribution in [2.75, 3.05) is 24.7 Å². The molecule has 0 radical (unpaired) electrons. The summed E-state index contributed by atoms with van der Waals surface area (Å²) < 4.78 is 18.0. The van der Waals surface area contributed by atoms with Gasteiger partial charge in [-0.2, -0.15) is 0 Å². The maximum Gasteiger partial charge on any atom is 0.207 e. The van der Waals surface area contributed by atoms with Gasteiger partial charge in [-0.05, 0) is 44.6 Å². The van der Waals surface area contributed by atoms with Gasteiger partial charge in [0.05, 0.1) is 6.26 Å². The molecule has 5 heteroatoms. The highest BCUT2D eigenvalue weighted by molar-refractivity contribution is 8.03. The van der Waals surface area contributed by atoms with E-state index in [1.54, 1.807) is 0 Å². The third-order valence-corrected chi connectivity index (χ3v) is 6.37. The fourth-order valence-corrected chi connectivity index (χ4v) is 4.85. The number of hydrogen-bond donors (Lipinski definition) is 0. The smallest absolute Gasteiger partial charge is 0.207 e. The number of rotatable bonds is 13. The monoisotopic (exact) mass is 362 g/mol. The molecule has 1 unspecified atom stereocenters. The zero-order valence-electron chi connectivity index (χ0n) is 15.3. The van der Waals surface area contributed by atoms with E-state index in [1.807, 2.05) is 43.6 Å². The Balaban J connectivity index is 2.72. The molecule has 0 aromatic carbocycles. The lowest BCUT2D eigenvalue weighted by atomic mass is 10.1. The maximum atomic E-state index is 6.25. The van der Waals surface area contributed by atoms with Gasteiger partial charge < -0.3 is 14.2 Å². The highest BCUT2D eigenvalue weighted by Gasteiger charge is 2.44. The van der Waals surface area contributed by atoms with Crippen LogP contribution in [0.3, 0.4) is 0 Å². The minimum Gasteiger partial charge on any atom is -0.478 e. The summed E-state index contributed by atoms with van der Waals surface area (Å²) in [5.74, 6) is 2.27. The molecule has 0 aliphatic carbocycles. The fourth-order valence-electron chi connectivity index (χ4n) is 2.38. The first kappa shape index (κ1) is 21.2. The van der Waals surface area contributed by atoms with Crippen molar-refractivity contribution in [3.8, 4) is 0 Å². The summed E-state index contributed by atoms with van der Waals surface area (Å²) >= 11 is 3.80. The van der Waals surface area contributed by atoms with E-state index < -0.39 is 4.93 Å². The van der Waals surface area contributed by atoms with Gasteiger partial charge in [0, 0.05) is 24.5 Å². The molecule has 0 fully saturated rings. The lowest BCUT2D eigenvalue weighted by molar-refractivity contribution is -0.207. The van der Waals surface area contributed by atoms with Crippen molar-refractivity contribution in [3.63, 3.8) is 0 Å². The van der Waals surface area contributed by atoms with E-state index in [9.17, 15) is 0 Å². The first-order chi connectivity index (χ1) is 11.2. The van der Waals surface area contributed by atoms with E-state index in [4.69, 9.17) is 14.2 Å². The number of ether oxygens (including phenoxy) is 3. The Morgan fingerprint density at radius 1 is 1.09 bits per heavy atom. The molecule has 0 bridgehead atoms. The molecular weight excluding hydrogens is 328 g/mol. The molecule has 1 atom stereocenters. The van der Waals surface area contributed by atoms with Crippen LogP contribution in [-0.2, 0) is 14.2 Å². The predicted molar refractivity (Wildman–Crippen MR) is 103 cm³/mol. The van der Waals surface area contributed by atoms with Gasteiger partial charge >= 0.3 is 0 Å². The second-order valence-electron chi connectivity index (χ2n) is 5.66. The quantitative estimate of drug-likeness (QED) is 0.305. The Bertz CT molecular complexity index is 330. The van der Waals surface area contributed by atoms with Crippen molar-refractivity contribution < 1.29 is 14.2 Å². The molecule has 0 amide bonds. The van der Waals surface area contributed by atoms with Crippen molar-refractivity contribution in [3.05, 3.63) is 11.2 Å². The van der Waals surface area contributed by atoms with Crippen LogP contribution in [0, 0.1) is 0 Å². The van der Waals surface area contributed by atoms with E-state index in [0.717, 1.165) is 18.6 Å². The summed E-state index contributed by atoms with van der Waals surface area (Å²) in [5.41, 5.74) is 0. The van der Waals surface area contributed by atoms with Gasteiger partial charge in [-0.1, -0.05) is 26.7 Å². The highest BCUT2D eigenvalue weighted by Crippen LogP contribution is 2.44.